The molecule has 0 aromatic heterocycles. The molecule has 0 bridgehead atoms. The molecule has 0 aliphatic carbocycles. The van der Waals surface area contributed by atoms with Crippen LogP contribution in [0.1, 0.15) is 5.56 Å². The summed E-state index contributed by atoms with van der Waals surface area (Å²) in [7, 11) is -3.68. The standard InChI is InChI=1S/C13H11BrClNO2S/c14-9-10-5-1-3-7-12(10)16-19(17,18)13-8-4-2-6-11(13)15/h1-8,16H,9H2. The van der Waals surface area contributed by atoms with Gasteiger partial charge in [0.05, 0.1) is 10.7 Å². The van der Waals surface area contributed by atoms with Gasteiger partial charge >= 0.3 is 0 Å². The highest BCUT2D eigenvalue weighted by molar-refractivity contribution is 9.08. The molecule has 0 radical (unpaired) electrons. The van der Waals surface area contributed by atoms with E-state index in [0.717, 1.165) is 5.56 Å². The van der Waals surface area contributed by atoms with Crippen molar-refractivity contribution in [1.82, 2.24) is 0 Å². The molecule has 2 aromatic carbocycles. The molecule has 0 amide bonds. The van der Waals surface area contributed by atoms with E-state index in [0.29, 0.717) is 11.0 Å². The molecule has 3 nitrogen and oxygen atoms in total. The molecule has 0 spiro atoms. The first-order chi connectivity index (χ1) is 9.04. The van der Waals surface area contributed by atoms with Gasteiger partial charge in [-0.15, -0.1) is 0 Å². The number of alkyl halides is 1. The third-order valence-corrected chi connectivity index (χ3v) is 5.00. The average molecular weight is 361 g/mol. The molecule has 0 fully saturated rings. The fourth-order valence-corrected chi connectivity index (χ4v) is 3.71. The maximum Gasteiger partial charge on any atom is 0.263 e. The first-order valence-electron chi connectivity index (χ1n) is 5.46. The number of halogens is 2. The van der Waals surface area contributed by atoms with Gasteiger partial charge in [0.25, 0.3) is 10.0 Å². The van der Waals surface area contributed by atoms with Crippen LogP contribution in [0.25, 0.3) is 0 Å². The van der Waals surface area contributed by atoms with Gasteiger partial charge in [0.15, 0.2) is 0 Å². The first-order valence-corrected chi connectivity index (χ1v) is 8.44. The summed E-state index contributed by atoms with van der Waals surface area (Å²) in [6.07, 6.45) is 0. The number of benzene rings is 2. The van der Waals surface area contributed by atoms with E-state index in [2.05, 4.69) is 20.7 Å². The fraction of sp³-hybridized carbons (Fsp3) is 0.0769. The topological polar surface area (TPSA) is 46.2 Å². The molecule has 0 unspecified atom stereocenters. The molecule has 0 aliphatic heterocycles. The minimum atomic E-state index is -3.68. The van der Waals surface area contributed by atoms with Gasteiger partial charge in [-0.2, -0.15) is 0 Å². The molecule has 0 saturated heterocycles. The molecule has 100 valence electrons. The Morgan fingerprint density at radius 1 is 1.05 bits per heavy atom. The van der Waals surface area contributed by atoms with Crippen molar-refractivity contribution in [2.24, 2.45) is 0 Å². The zero-order valence-corrected chi connectivity index (χ0v) is 13.0. The maximum absolute atomic E-state index is 12.3. The molecule has 0 saturated carbocycles. The van der Waals surface area contributed by atoms with Crippen molar-refractivity contribution in [2.75, 3.05) is 4.72 Å². The number of nitrogens with one attached hydrogen (secondary N) is 1. The number of hydrogen-bond acceptors (Lipinski definition) is 2. The summed E-state index contributed by atoms with van der Waals surface area (Å²) in [5.41, 5.74) is 1.40. The van der Waals surface area contributed by atoms with Gasteiger partial charge in [0.2, 0.25) is 0 Å². The molecule has 0 aliphatic rings. The van der Waals surface area contributed by atoms with E-state index in [9.17, 15) is 8.42 Å². The van der Waals surface area contributed by atoms with Crippen molar-refractivity contribution in [3.05, 3.63) is 59.1 Å². The van der Waals surface area contributed by atoms with E-state index < -0.39 is 10.0 Å². The van der Waals surface area contributed by atoms with E-state index in [1.54, 1.807) is 30.3 Å². The van der Waals surface area contributed by atoms with Crippen LogP contribution < -0.4 is 4.72 Å². The van der Waals surface area contributed by atoms with Crippen molar-refractivity contribution in [3.8, 4) is 0 Å². The zero-order valence-electron chi connectivity index (χ0n) is 9.81. The second-order valence-corrected chi connectivity index (χ2v) is 6.45. The Bertz CT molecular complexity index is 689. The van der Waals surface area contributed by atoms with E-state index in [1.165, 1.54) is 6.07 Å². The second kappa shape index (κ2) is 5.94. The lowest BCUT2D eigenvalue weighted by Gasteiger charge is -2.12. The van der Waals surface area contributed by atoms with Gasteiger partial charge in [-0.05, 0) is 23.8 Å². The summed E-state index contributed by atoms with van der Waals surface area (Å²) < 4.78 is 27.1. The lowest BCUT2D eigenvalue weighted by molar-refractivity contribution is 0.601. The lowest BCUT2D eigenvalue weighted by atomic mass is 10.2. The van der Waals surface area contributed by atoms with Crippen LogP contribution >= 0.6 is 27.5 Å². The summed E-state index contributed by atoms with van der Waals surface area (Å²) >= 11 is 9.25. The Kier molecular flexibility index (Phi) is 4.50. The first kappa shape index (κ1) is 14.4. The van der Waals surface area contributed by atoms with Crippen LogP contribution in [0.4, 0.5) is 5.69 Å². The third kappa shape index (κ3) is 3.29. The summed E-state index contributed by atoms with van der Waals surface area (Å²) in [6.45, 7) is 0. The van der Waals surface area contributed by atoms with Crippen molar-refractivity contribution in [3.63, 3.8) is 0 Å². The number of para-hydroxylation sites is 1. The molecule has 6 heteroatoms. The fourth-order valence-electron chi connectivity index (χ4n) is 1.60. The highest BCUT2D eigenvalue weighted by atomic mass is 79.9. The minimum absolute atomic E-state index is 0.0704. The minimum Gasteiger partial charge on any atom is -0.279 e. The van der Waals surface area contributed by atoms with Crippen molar-refractivity contribution in [1.29, 1.82) is 0 Å². The predicted octanol–water partition coefficient (Wildman–Crippen LogP) is 4.04. The Labute approximate surface area is 125 Å². The Hall–Kier alpha value is -1.04. The van der Waals surface area contributed by atoms with Crippen LogP contribution in [0, 0.1) is 0 Å². The molecule has 0 heterocycles. The Balaban J connectivity index is 2.40. The molecule has 1 N–H and O–H groups in total. The van der Waals surface area contributed by atoms with Crippen LogP contribution in [-0.4, -0.2) is 8.42 Å². The number of hydrogen-bond donors (Lipinski definition) is 1. The molecule has 0 atom stereocenters. The summed E-state index contributed by atoms with van der Waals surface area (Å²) in [6, 6.07) is 13.5. The largest absolute Gasteiger partial charge is 0.279 e. The maximum atomic E-state index is 12.3. The SMILES string of the molecule is O=S(=O)(Nc1ccccc1CBr)c1ccccc1Cl. The van der Waals surface area contributed by atoms with Gasteiger partial charge < -0.3 is 0 Å². The monoisotopic (exact) mass is 359 g/mol. The van der Waals surface area contributed by atoms with E-state index >= 15 is 0 Å². The molecule has 2 aromatic rings. The van der Waals surface area contributed by atoms with E-state index in [1.807, 2.05) is 12.1 Å². The van der Waals surface area contributed by atoms with Crippen molar-refractivity contribution >= 4 is 43.2 Å². The quantitative estimate of drug-likeness (QED) is 0.837. The van der Waals surface area contributed by atoms with Gasteiger partial charge in [-0.1, -0.05) is 57.9 Å². The highest BCUT2D eigenvalue weighted by Crippen LogP contribution is 2.25. The van der Waals surface area contributed by atoms with E-state index in [4.69, 9.17) is 11.6 Å². The van der Waals surface area contributed by atoms with Gasteiger partial charge in [0.1, 0.15) is 4.90 Å². The normalized spacial score (nSPS) is 11.3. The molecular formula is C13H11BrClNO2S. The van der Waals surface area contributed by atoms with Gasteiger partial charge in [0, 0.05) is 5.33 Å². The Morgan fingerprint density at radius 2 is 1.68 bits per heavy atom. The average Bonchev–Trinajstić information content (AvgIpc) is 2.39. The summed E-state index contributed by atoms with van der Waals surface area (Å²) in [5, 5.41) is 0.764. The van der Waals surface area contributed by atoms with Crippen LogP contribution in [-0.2, 0) is 15.4 Å². The van der Waals surface area contributed by atoms with Gasteiger partial charge in [-0.3, -0.25) is 4.72 Å². The van der Waals surface area contributed by atoms with Crippen molar-refractivity contribution in [2.45, 2.75) is 10.2 Å². The lowest BCUT2D eigenvalue weighted by Crippen LogP contribution is -2.14. The zero-order chi connectivity index (χ0) is 13.9. The van der Waals surface area contributed by atoms with Gasteiger partial charge in [-0.25, -0.2) is 8.42 Å². The van der Waals surface area contributed by atoms with Crippen LogP contribution in [0.2, 0.25) is 5.02 Å². The number of sulfonamides is 1. The van der Waals surface area contributed by atoms with E-state index in [-0.39, 0.29) is 9.92 Å². The predicted molar refractivity (Wildman–Crippen MR) is 81.3 cm³/mol. The summed E-state index contributed by atoms with van der Waals surface area (Å²) in [4.78, 5) is 0.0704. The molecular weight excluding hydrogens is 350 g/mol. The van der Waals surface area contributed by atoms with Crippen LogP contribution in [0.15, 0.2) is 53.4 Å². The summed E-state index contributed by atoms with van der Waals surface area (Å²) in [5.74, 6) is 0. The molecule has 19 heavy (non-hydrogen) atoms. The highest BCUT2D eigenvalue weighted by Gasteiger charge is 2.18. The van der Waals surface area contributed by atoms with Crippen LogP contribution in [0.5, 0.6) is 0 Å². The number of rotatable bonds is 4. The molecule has 2 rings (SSSR count). The Morgan fingerprint density at radius 3 is 2.37 bits per heavy atom. The second-order valence-electron chi connectivity index (χ2n) is 3.83. The van der Waals surface area contributed by atoms with Crippen molar-refractivity contribution < 1.29 is 8.42 Å². The van der Waals surface area contributed by atoms with Crippen LogP contribution in [0.3, 0.4) is 0 Å². The number of anilines is 1. The third-order valence-electron chi connectivity index (χ3n) is 2.53. The smallest absolute Gasteiger partial charge is 0.263 e.